The van der Waals surface area contributed by atoms with E-state index in [1.165, 1.54) is 0 Å². The third-order valence-corrected chi connectivity index (χ3v) is 3.92. The summed E-state index contributed by atoms with van der Waals surface area (Å²) in [5.41, 5.74) is 0.529. The lowest BCUT2D eigenvalue weighted by atomic mass is 10.1. The fraction of sp³-hybridized carbons (Fsp3) is 0.500. The number of aliphatic hydroxyl groups is 1. The van der Waals surface area contributed by atoms with Crippen molar-refractivity contribution in [3.05, 3.63) is 34.9 Å². The van der Waals surface area contributed by atoms with Gasteiger partial charge in [-0.15, -0.1) is 0 Å². The van der Waals surface area contributed by atoms with Gasteiger partial charge in [0.25, 0.3) is 0 Å². The van der Waals surface area contributed by atoms with Gasteiger partial charge in [0.2, 0.25) is 5.79 Å². The standard InChI is InChI=1S/C12H15ClO5S/c1-19(15,16)8-12(17-7-11(6-14)18-12)9-3-2-4-10(13)5-9/h2-5,11,14H,6-8H2,1H3/t11-,12+/m1/s1. The van der Waals surface area contributed by atoms with E-state index in [1.54, 1.807) is 24.3 Å². The van der Waals surface area contributed by atoms with Gasteiger partial charge in [-0.05, 0) is 12.1 Å². The summed E-state index contributed by atoms with van der Waals surface area (Å²) in [5.74, 6) is -1.72. The molecule has 0 aromatic heterocycles. The van der Waals surface area contributed by atoms with E-state index in [2.05, 4.69) is 0 Å². The van der Waals surface area contributed by atoms with Gasteiger partial charge in [0, 0.05) is 16.8 Å². The second-order valence-electron chi connectivity index (χ2n) is 4.57. The topological polar surface area (TPSA) is 72.8 Å². The zero-order valence-electron chi connectivity index (χ0n) is 10.4. The molecule has 7 heteroatoms. The molecule has 0 saturated carbocycles. The molecule has 0 bridgehead atoms. The normalized spacial score (nSPS) is 27.6. The summed E-state index contributed by atoms with van der Waals surface area (Å²) < 4.78 is 34.3. The zero-order valence-corrected chi connectivity index (χ0v) is 11.9. The first-order chi connectivity index (χ1) is 8.85. The smallest absolute Gasteiger partial charge is 0.209 e. The first-order valence-corrected chi connectivity index (χ1v) is 8.15. The molecular formula is C12H15ClO5S. The minimum absolute atomic E-state index is 0.137. The van der Waals surface area contributed by atoms with E-state index in [0.29, 0.717) is 10.6 Å². The number of rotatable bonds is 4. The molecule has 1 fully saturated rings. The highest BCUT2D eigenvalue weighted by atomic mass is 35.5. The lowest BCUT2D eigenvalue weighted by Crippen LogP contribution is -2.36. The van der Waals surface area contributed by atoms with Crippen LogP contribution in [0.4, 0.5) is 0 Å². The van der Waals surface area contributed by atoms with Crippen LogP contribution in [0.1, 0.15) is 5.56 Å². The fourth-order valence-electron chi connectivity index (χ4n) is 2.04. The van der Waals surface area contributed by atoms with Gasteiger partial charge in [-0.2, -0.15) is 0 Å². The third-order valence-electron chi connectivity index (χ3n) is 2.78. The van der Waals surface area contributed by atoms with E-state index in [4.69, 9.17) is 26.2 Å². The summed E-state index contributed by atoms with van der Waals surface area (Å²) in [5, 5.41) is 9.58. The highest BCUT2D eigenvalue weighted by molar-refractivity contribution is 7.90. The van der Waals surface area contributed by atoms with E-state index in [1.807, 2.05) is 0 Å². The number of ether oxygens (including phenoxy) is 2. The van der Waals surface area contributed by atoms with Crippen LogP contribution in [0.3, 0.4) is 0 Å². The molecule has 5 nitrogen and oxygen atoms in total. The minimum atomic E-state index is -3.33. The molecule has 1 N–H and O–H groups in total. The van der Waals surface area contributed by atoms with Crippen LogP contribution in [-0.4, -0.2) is 44.9 Å². The van der Waals surface area contributed by atoms with Gasteiger partial charge in [-0.25, -0.2) is 8.42 Å². The van der Waals surface area contributed by atoms with Crippen LogP contribution >= 0.6 is 11.6 Å². The predicted octanol–water partition coefficient (Wildman–Crippen LogP) is 0.945. The largest absolute Gasteiger partial charge is 0.394 e. The maximum absolute atomic E-state index is 11.6. The van der Waals surface area contributed by atoms with Gasteiger partial charge in [0.05, 0.1) is 13.2 Å². The summed E-state index contributed by atoms with van der Waals surface area (Å²) >= 11 is 5.92. The van der Waals surface area contributed by atoms with Crippen molar-refractivity contribution < 1.29 is 23.0 Å². The molecule has 1 aromatic rings. The van der Waals surface area contributed by atoms with Crippen molar-refractivity contribution in [2.75, 3.05) is 25.2 Å². The Balaban J connectivity index is 2.40. The van der Waals surface area contributed by atoms with Crippen LogP contribution in [0, 0.1) is 0 Å². The minimum Gasteiger partial charge on any atom is -0.394 e. The molecule has 0 amide bonds. The monoisotopic (exact) mass is 306 g/mol. The van der Waals surface area contributed by atoms with Crippen LogP contribution in [0.2, 0.25) is 5.02 Å². The van der Waals surface area contributed by atoms with E-state index in [-0.39, 0.29) is 19.0 Å². The van der Waals surface area contributed by atoms with Crippen LogP contribution in [0.5, 0.6) is 0 Å². The average molecular weight is 307 g/mol. The molecule has 0 aliphatic carbocycles. The molecular weight excluding hydrogens is 292 g/mol. The number of halogens is 1. The molecule has 1 heterocycles. The van der Waals surface area contributed by atoms with Crippen LogP contribution in [0.25, 0.3) is 0 Å². The molecule has 1 aliphatic rings. The quantitative estimate of drug-likeness (QED) is 0.896. The van der Waals surface area contributed by atoms with E-state index in [9.17, 15) is 8.42 Å². The molecule has 19 heavy (non-hydrogen) atoms. The molecule has 0 spiro atoms. The maximum Gasteiger partial charge on any atom is 0.209 e. The van der Waals surface area contributed by atoms with Gasteiger partial charge in [0.15, 0.2) is 9.84 Å². The Hall–Kier alpha value is -0.660. The molecule has 2 atom stereocenters. The predicted molar refractivity (Wildman–Crippen MR) is 70.8 cm³/mol. The van der Waals surface area contributed by atoms with Crippen molar-refractivity contribution in [1.82, 2.24) is 0 Å². The Labute approximate surface area is 117 Å². The molecule has 0 radical (unpaired) electrons. The van der Waals surface area contributed by atoms with Crippen molar-refractivity contribution in [2.45, 2.75) is 11.9 Å². The van der Waals surface area contributed by atoms with Crippen molar-refractivity contribution in [2.24, 2.45) is 0 Å². The Morgan fingerprint density at radius 2 is 2.26 bits per heavy atom. The number of hydrogen-bond acceptors (Lipinski definition) is 5. The molecule has 106 valence electrons. The average Bonchev–Trinajstić information content (AvgIpc) is 2.71. The molecule has 1 aromatic carbocycles. The van der Waals surface area contributed by atoms with Crippen LogP contribution in [0.15, 0.2) is 24.3 Å². The van der Waals surface area contributed by atoms with Crippen molar-refractivity contribution in [3.8, 4) is 0 Å². The Bertz CT molecular complexity index is 559. The van der Waals surface area contributed by atoms with E-state index in [0.717, 1.165) is 6.26 Å². The maximum atomic E-state index is 11.6. The van der Waals surface area contributed by atoms with Gasteiger partial charge < -0.3 is 14.6 Å². The summed E-state index contributed by atoms with van der Waals surface area (Å²) in [6.07, 6.45) is 0.568. The lowest BCUT2D eigenvalue weighted by molar-refractivity contribution is -0.162. The summed E-state index contributed by atoms with van der Waals surface area (Å²) in [4.78, 5) is 0. The number of hydrogen-bond donors (Lipinski definition) is 1. The van der Waals surface area contributed by atoms with Crippen molar-refractivity contribution >= 4 is 21.4 Å². The van der Waals surface area contributed by atoms with Gasteiger partial charge >= 0.3 is 0 Å². The van der Waals surface area contributed by atoms with Crippen molar-refractivity contribution in [3.63, 3.8) is 0 Å². The highest BCUT2D eigenvalue weighted by Gasteiger charge is 2.45. The Morgan fingerprint density at radius 1 is 1.53 bits per heavy atom. The first kappa shape index (κ1) is 14.7. The summed E-state index contributed by atoms with van der Waals surface area (Å²) in [6.45, 7) is -0.0926. The van der Waals surface area contributed by atoms with E-state index < -0.39 is 21.7 Å². The Morgan fingerprint density at radius 3 is 2.79 bits per heavy atom. The van der Waals surface area contributed by atoms with Gasteiger partial charge in [-0.1, -0.05) is 23.7 Å². The molecule has 1 aliphatic heterocycles. The molecule has 2 rings (SSSR count). The lowest BCUT2D eigenvalue weighted by Gasteiger charge is -2.27. The highest BCUT2D eigenvalue weighted by Crippen LogP contribution is 2.36. The SMILES string of the molecule is CS(=O)(=O)C[C@]1(c2cccc(Cl)c2)OC[C@@H](CO)O1. The van der Waals surface area contributed by atoms with Crippen molar-refractivity contribution in [1.29, 1.82) is 0 Å². The Kier molecular flexibility index (Phi) is 4.17. The van der Waals surface area contributed by atoms with Gasteiger partial charge in [0.1, 0.15) is 11.9 Å². The van der Waals surface area contributed by atoms with Crippen LogP contribution < -0.4 is 0 Å². The second-order valence-corrected chi connectivity index (χ2v) is 7.14. The number of aliphatic hydroxyl groups excluding tert-OH is 1. The molecule has 1 saturated heterocycles. The first-order valence-electron chi connectivity index (χ1n) is 5.71. The second kappa shape index (κ2) is 5.38. The number of sulfone groups is 1. The summed E-state index contributed by atoms with van der Waals surface area (Å²) in [6, 6.07) is 6.67. The zero-order chi connectivity index (χ0) is 14.1. The van der Waals surface area contributed by atoms with Gasteiger partial charge in [-0.3, -0.25) is 0 Å². The van der Waals surface area contributed by atoms with Crippen LogP contribution in [-0.2, 0) is 25.1 Å². The number of benzene rings is 1. The summed E-state index contributed by atoms with van der Waals surface area (Å²) in [7, 11) is -3.33. The third kappa shape index (κ3) is 3.46. The molecule has 0 unspecified atom stereocenters. The fourth-order valence-corrected chi connectivity index (χ4v) is 3.23. The van der Waals surface area contributed by atoms with E-state index >= 15 is 0 Å².